The molecule has 0 bridgehead atoms. The van der Waals surface area contributed by atoms with E-state index < -0.39 is 12.1 Å². The molecular weight excluding hydrogens is 1010 g/mol. The van der Waals surface area contributed by atoms with Gasteiger partial charge in [-0.15, -0.1) is 0 Å². The van der Waals surface area contributed by atoms with Crippen LogP contribution < -0.4 is 0 Å². The van der Waals surface area contributed by atoms with Crippen LogP contribution in [-0.4, -0.2) is 37.2 Å². The molecule has 0 aromatic heterocycles. The van der Waals surface area contributed by atoms with E-state index in [-0.39, 0.29) is 38.0 Å². The van der Waals surface area contributed by atoms with Crippen LogP contribution in [0.25, 0.3) is 0 Å². The molecule has 0 aromatic rings. The zero-order valence-corrected chi connectivity index (χ0v) is 52.2. The van der Waals surface area contributed by atoms with E-state index in [0.29, 0.717) is 19.3 Å². The SMILES string of the molecule is CC/C=C\C/C=C\C/C=C\C/C=C\C/C=C\C/C=C\C/C=C\CCCC(=O)OCC(COC(=O)CCCCCCCCC/C=C\C/C=C\CCCCCC)OC(=O)CCC/C=C\C/C=C\C/C=C\C/C=C\C/C=C\C/C=C\C/C=C\CC. The van der Waals surface area contributed by atoms with Crippen LogP contribution in [0.2, 0.25) is 0 Å². The van der Waals surface area contributed by atoms with Crippen LogP contribution in [0.3, 0.4) is 0 Å². The first-order chi connectivity index (χ1) is 40.5. The Morgan fingerprint density at radius 2 is 0.488 bits per heavy atom. The maximum absolute atomic E-state index is 12.9. The molecule has 0 aliphatic rings. The highest BCUT2D eigenvalue weighted by Gasteiger charge is 2.19. The van der Waals surface area contributed by atoms with Crippen molar-refractivity contribution in [2.75, 3.05) is 13.2 Å². The Morgan fingerprint density at radius 1 is 0.256 bits per heavy atom. The molecular formula is C76H116O6. The number of ether oxygens (including phenoxy) is 3. The quantitative estimate of drug-likeness (QED) is 0.0261. The molecule has 6 heteroatoms. The number of hydrogen-bond donors (Lipinski definition) is 0. The molecule has 0 aliphatic carbocycles. The van der Waals surface area contributed by atoms with Crippen molar-refractivity contribution in [2.45, 2.75) is 252 Å². The predicted molar refractivity (Wildman–Crippen MR) is 357 cm³/mol. The van der Waals surface area contributed by atoms with Crippen molar-refractivity contribution in [3.05, 3.63) is 194 Å². The molecule has 456 valence electrons. The van der Waals surface area contributed by atoms with E-state index in [9.17, 15) is 14.4 Å². The van der Waals surface area contributed by atoms with Crippen molar-refractivity contribution in [1.29, 1.82) is 0 Å². The third-order valence-electron chi connectivity index (χ3n) is 12.8. The number of unbranched alkanes of at least 4 members (excludes halogenated alkanes) is 13. The van der Waals surface area contributed by atoms with Crippen molar-refractivity contribution >= 4 is 17.9 Å². The Hall–Kier alpha value is -5.75. The van der Waals surface area contributed by atoms with Gasteiger partial charge in [0.15, 0.2) is 6.10 Å². The third kappa shape index (κ3) is 65.1. The predicted octanol–water partition coefficient (Wildman–Crippen LogP) is 22.6. The molecule has 0 aromatic carbocycles. The lowest BCUT2D eigenvalue weighted by Crippen LogP contribution is -2.30. The lowest BCUT2D eigenvalue weighted by atomic mass is 10.1. The Kier molecular flexibility index (Phi) is 63.0. The molecule has 1 unspecified atom stereocenters. The number of esters is 3. The monoisotopic (exact) mass is 1120 g/mol. The Labute approximate surface area is 503 Å². The van der Waals surface area contributed by atoms with Crippen LogP contribution >= 0.6 is 0 Å². The summed E-state index contributed by atoms with van der Waals surface area (Å²) in [5, 5.41) is 0. The zero-order chi connectivity index (χ0) is 59.2. The molecule has 0 heterocycles. The van der Waals surface area contributed by atoms with Crippen molar-refractivity contribution in [2.24, 2.45) is 0 Å². The number of carbonyl (C=O) groups is 3. The second-order valence-corrected chi connectivity index (χ2v) is 20.5. The van der Waals surface area contributed by atoms with Gasteiger partial charge in [0, 0.05) is 19.3 Å². The Morgan fingerprint density at radius 3 is 0.793 bits per heavy atom. The third-order valence-corrected chi connectivity index (χ3v) is 12.8. The summed E-state index contributed by atoms with van der Waals surface area (Å²) in [5.74, 6) is -1.07. The summed E-state index contributed by atoms with van der Waals surface area (Å²) < 4.78 is 16.8. The van der Waals surface area contributed by atoms with E-state index in [0.717, 1.165) is 135 Å². The summed E-state index contributed by atoms with van der Waals surface area (Å²) in [7, 11) is 0. The van der Waals surface area contributed by atoms with Crippen LogP contribution in [0.15, 0.2) is 194 Å². The van der Waals surface area contributed by atoms with Gasteiger partial charge in [0.05, 0.1) is 0 Å². The minimum absolute atomic E-state index is 0.134. The highest BCUT2D eigenvalue weighted by molar-refractivity contribution is 5.71. The fourth-order valence-corrected chi connectivity index (χ4v) is 8.04. The lowest BCUT2D eigenvalue weighted by molar-refractivity contribution is -0.167. The van der Waals surface area contributed by atoms with Gasteiger partial charge in [-0.3, -0.25) is 14.4 Å². The second kappa shape index (κ2) is 67.8. The Bertz CT molecular complexity index is 1970. The molecule has 0 fully saturated rings. The number of carbonyl (C=O) groups excluding carboxylic acids is 3. The first-order valence-electron chi connectivity index (χ1n) is 32.4. The summed E-state index contributed by atoms with van der Waals surface area (Å²) in [4.78, 5) is 38.4. The van der Waals surface area contributed by atoms with Gasteiger partial charge in [-0.2, -0.15) is 0 Å². The largest absolute Gasteiger partial charge is 0.462 e. The summed E-state index contributed by atoms with van der Waals surface area (Å²) in [6.45, 7) is 6.28. The minimum atomic E-state index is -0.850. The molecule has 0 N–H and O–H groups in total. The van der Waals surface area contributed by atoms with Crippen LogP contribution in [-0.2, 0) is 28.6 Å². The standard InChI is InChI=1S/C76H116O6/c1-4-7-10-13-16-19-22-25-28-31-34-36-38-40-42-45-48-51-54-57-60-63-66-69-75(78)81-72-73(71-80-74(77)68-65-62-59-56-53-50-47-44-33-30-27-24-21-18-15-12-9-6-3)82-76(79)70-67-64-61-58-55-52-49-46-43-41-39-37-35-32-29-26-23-20-17-14-11-8-5-2/h7-8,10-11,16-17,19-21,24-26,28-30,33-37,40-43,48-49,51-52,57-58,60-61,73H,4-6,9,12-15,18,22-23,27,31-32,38-39,44-47,50,53-56,59,62-72H2,1-3H3/b10-7-,11-8-,19-16-,20-17-,24-21-,28-25-,29-26-,33-30-,36-34-,37-35-,42-40-,43-41-,51-48-,52-49-,60-57-,61-58-. The molecule has 1 atom stereocenters. The van der Waals surface area contributed by atoms with E-state index in [2.05, 4.69) is 215 Å². The molecule has 0 radical (unpaired) electrons. The molecule has 0 saturated carbocycles. The molecule has 6 nitrogen and oxygen atoms in total. The van der Waals surface area contributed by atoms with Crippen molar-refractivity contribution < 1.29 is 28.6 Å². The van der Waals surface area contributed by atoms with Crippen LogP contribution in [0.5, 0.6) is 0 Å². The fourth-order valence-electron chi connectivity index (χ4n) is 8.04. The molecule has 82 heavy (non-hydrogen) atoms. The summed E-state index contributed by atoms with van der Waals surface area (Å²) in [5.41, 5.74) is 0. The highest BCUT2D eigenvalue weighted by atomic mass is 16.6. The molecule has 0 spiro atoms. The summed E-state index contributed by atoms with van der Waals surface area (Å²) >= 11 is 0. The maximum atomic E-state index is 12.9. The molecule has 0 rings (SSSR count). The van der Waals surface area contributed by atoms with Crippen LogP contribution in [0, 0.1) is 0 Å². The Balaban J connectivity index is 4.65. The van der Waals surface area contributed by atoms with Gasteiger partial charge in [-0.25, -0.2) is 0 Å². The van der Waals surface area contributed by atoms with E-state index in [4.69, 9.17) is 14.2 Å². The van der Waals surface area contributed by atoms with Gasteiger partial charge < -0.3 is 14.2 Å². The lowest BCUT2D eigenvalue weighted by Gasteiger charge is -2.18. The smallest absolute Gasteiger partial charge is 0.306 e. The van der Waals surface area contributed by atoms with Crippen LogP contribution in [0.4, 0.5) is 0 Å². The fraction of sp³-hybridized carbons (Fsp3) is 0.539. The number of hydrogen-bond acceptors (Lipinski definition) is 6. The summed E-state index contributed by atoms with van der Waals surface area (Å²) in [6, 6.07) is 0. The second-order valence-electron chi connectivity index (χ2n) is 20.5. The first-order valence-corrected chi connectivity index (χ1v) is 32.4. The van der Waals surface area contributed by atoms with Gasteiger partial charge in [-0.1, -0.05) is 267 Å². The van der Waals surface area contributed by atoms with Gasteiger partial charge in [0.1, 0.15) is 13.2 Å². The molecule has 0 amide bonds. The zero-order valence-electron chi connectivity index (χ0n) is 52.2. The summed E-state index contributed by atoms with van der Waals surface area (Å²) in [6.07, 6.45) is 103. The van der Waals surface area contributed by atoms with Gasteiger partial charge in [0.2, 0.25) is 0 Å². The van der Waals surface area contributed by atoms with Gasteiger partial charge >= 0.3 is 17.9 Å². The van der Waals surface area contributed by atoms with E-state index in [1.54, 1.807) is 0 Å². The maximum Gasteiger partial charge on any atom is 0.306 e. The van der Waals surface area contributed by atoms with E-state index >= 15 is 0 Å². The van der Waals surface area contributed by atoms with Crippen molar-refractivity contribution in [1.82, 2.24) is 0 Å². The van der Waals surface area contributed by atoms with Gasteiger partial charge in [0.25, 0.3) is 0 Å². The first kappa shape index (κ1) is 76.2. The van der Waals surface area contributed by atoms with Crippen molar-refractivity contribution in [3.63, 3.8) is 0 Å². The topological polar surface area (TPSA) is 78.9 Å². The number of rotatable bonds is 56. The normalized spacial score (nSPS) is 13.5. The average Bonchev–Trinajstić information content (AvgIpc) is 3.47. The molecule has 0 aliphatic heterocycles. The number of allylic oxidation sites excluding steroid dienone is 32. The van der Waals surface area contributed by atoms with Crippen LogP contribution in [0.1, 0.15) is 245 Å². The minimum Gasteiger partial charge on any atom is -0.462 e. The van der Waals surface area contributed by atoms with Crippen molar-refractivity contribution in [3.8, 4) is 0 Å². The van der Waals surface area contributed by atoms with Gasteiger partial charge in [-0.05, 0) is 154 Å². The van der Waals surface area contributed by atoms with E-state index in [1.165, 1.54) is 57.8 Å². The highest BCUT2D eigenvalue weighted by Crippen LogP contribution is 2.13. The average molecular weight is 1130 g/mol. The molecule has 0 saturated heterocycles. The van der Waals surface area contributed by atoms with E-state index in [1.807, 2.05) is 0 Å².